The monoisotopic (exact) mass is 764 g/mol. The highest BCUT2D eigenvalue weighted by Crippen LogP contribution is 2.31. The van der Waals surface area contributed by atoms with Crippen LogP contribution in [0.3, 0.4) is 0 Å². The van der Waals surface area contributed by atoms with Gasteiger partial charge < -0.3 is 18.9 Å². The molecule has 0 spiro atoms. The molecule has 0 aliphatic heterocycles. The zero-order valence-electron chi connectivity index (χ0n) is 34.1. The van der Waals surface area contributed by atoms with Crippen LogP contribution in [0.2, 0.25) is 0 Å². The second-order valence-electron chi connectivity index (χ2n) is 14.9. The number of unbranched alkanes of at least 4 members (excludes halogenated alkanes) is 28. The van der Waals surface area contributed by atoms with Gasteiger partial charge in [-0.1, -0.05) is 207 Å². The van der Waals surface area contributed by atoms with Gasteiger partial charge in [0.2, 0.25) is 5.79 Å². The van der Waals surface area contributed by atoms with Crippen molar-refractivity contribution in [3.63, 3.8) is 0 Å². The van der Waals surface area contributed by atoms with Crippen molar-refractivity contribution < 1.29 is 18.9 Å². The predicted molar refractivity (Wildman–Crippen MR) is 220 cm³/mol. The van der Waals surface area contributed by atoms with Gasteiger partial charge in [0, 0.05) is 0 Å². The number of ether oxygens (including phenoxy) is 4. The van der Waals surface area contributed by atoms with Crippen molar-refractivity contribution in [2.45, 2.75) is 252 Å². The van der Waals surface area contributed by atoms with Crippen LogP contribution in [0.15, 0.2) is 0 Å². The molecule has 49 heavy (non-hydrogen) atoms. The van der Waals surface area contributed by atoms with Gasteiger partial charge in [-0.25, -0.2) is 0 Å². The Labute approximate surface area is 318 Å². The Hall–Kier alpha value is 0.280. The van der Waals surface area contributed by atoms with Crippen LogP contribution in [0.5, 0.6) is 0 Å². The molecule has 6 heteroatoms. The van der Waals surface area contributed by atoms with E-state index < -0.39 is 11.7 Å². The van der Waals surface area contributed by atoms with Crippen LogP contribution in [-0.2, 0) is 18.9 Å². The lowest BCUT2D eigenvalue weighted by molar-refractivity contribution is -0.403. The number of rotatable bonds is 41. The highest BCUT2D eigenvalue weighted by atomic mass is 79.9. The first kappa shape index (κ1) is 51.4. The molecule has 0 atom stereocenters. The first-order chi connectivity index (χ1) is 23.5. The minimum absolute atomic E-state index is 0. The number of hydrogen-bond donors (Lipinski definition) is 1. The molecule has 0 heterocycles. The minimum Gasteiger partial charge on any atom is -0.344 e. The summed E-state index contributed by atoms with van der Waals surface area (Å²) in [5.74, 6) is -2.56. The predicted octanol–water partition coefficient (Wildman–Crippen LogP) is 14.5. The first-order valence-electron chi connectivity index (χ1n) is 21.8. The molecule has 0 aliphatic rings. The van der Waals surface area contributed by atoms with Crippen molar-refractivity contribution in [1.29, 1.82) is 0 Å². The van der Waals surface area contributed by atoms with Gasteiger partial charge in [0.25, 0.3) is 5.91 Å². The Morgan fingerprint density at radius 1 is 0.306 bits per heavy atom. The molecule has 0 aromatic carbocycles. The van der Waals surface area contributed by atoms with E-state index in [0.29, 0.717) is 26.4 Å². The maximum Gasteiger partial charge on any atom is 0.281 e. The van der Waals surface area contributed by atoms with Crippen LogP contribution < -0.4 is 5.73 Å². The molecule has 0 unspecified atom stereocenters. The molecule has 0 saturated carbocycles. The molecule has 0 rings (SSSR count). The van der Waals surface area contributed by atoms with E-state index in [2.05, 4.69) is 27.7 Å². The summed E-state index contributed by atoms with van der Waals surface area (Å²) in [6.07, 6.45) is 40.4. The molecule has 0 aromatic rings. The Kier molecular flexibility index (Phi) is 41.4. The third kappa shape index (κ3) is 31.5. The smallest absolute Gasteiger partial charge is 0.281 e. The maximum absolute atomic E-state index is 7.09. The van der Waals surface area contributed by atoms with Crippen LogP contribution in [0, 0.1) is 0 Å². The molecule has 298 valence electrons. The molecule has 0 aromatic heterocycles. The molecule has 0 amide bonds. The zero-order chi connectivity index (χ0) is 35.3. The molecule has 5 nitrogen and oxygen atoms in total. The summed E-state index contributed by atoms with van der Waals surface area (Å²) < 4.78 is 26.1. The van der Waals surface area contributed by atoms with Gasteiger partial charge in [0.15, 0.2) is 0 Å². The van der Waals surface area contributed by atoms with Gasteiger partial charge in [-0.15, -0.1) is 17.0 Å². The van der Waals surface area contributed by atoms with E-state index >= 15 is 0 Å². The molecule has 0 saturated heterocycles. The average Bonchev–Trinajstić information content (AvgIpc) is 3.08. The standard InChI is InChI=1S/C43H89NO4.BrH/c1-6-10-14-18-22-26-30-34-38-45-42(5,46-39-35-31-27-23-19-15-11-7-2)43(44,47-40-36-32-28-24-20-16-12-8-3)48-41-37-33-29-25-21-17-13-9-4;/h6-41,44H2,1-5H3;1H. The second-order valence-corrected chi connectivity index (χ2v) is 14.9. The van der Waals surface area contributed by atoms with E-state index in [0.717, 1.165) is 38.5 Å². The van der Waals surface area contributed by atoms with Crippen LogP contribution in [-0.4, -0.2) is 38.1 Å². The van der Waals surface area contributed by atoms with E-state index in [9.17, 15) is 0 Å². The Morgan fingerprint density at radius 3 is 0.714 bits per heavy atom. The van der Waals surface area contributed by atoms with Gasteiger partial charge >= 0.3 is 0 Å². The third-order valence-corrected chi connectivity index (χ3v) is 10.0. The Morgan fingerprint density at radius 2 is 0.490 bits per heavy atom. The van der Waals surface area contributed by atoms with Crippen molar-refractivity contribution in [2.75, 3.05) is 26.4 Å². The fourth-order valence-corrected chi connectivity index (χ4v) is 6.47. The lowest BCUT2D eigenvalue weighted by Crippen LogP contribution is -2.65. The van der Waals surface area contributed by atoms with E-state index in [-0.39, 0.29) is 17.0 Å². The van der Waals surface area contributed by atoms with Gasteiger partial charge in [0.05, 0.1) is 26.4 Å². The van der Waals surface area contributed by atoms with E-state index in [4.69, 9.17) is 24.7 Å². The number of hydrogen-bond acceptors (Lipinski definition) is 5. The summed E-state index contributed by atoms with van der Waals surface area (Å²) in [6, 6.07) is 0. The number of halogens is 1. The summed E-state index contributed by atoms with van der Waals surface area (Å²) in [6.45, 7) is 13.5. The Bertz CT molecular complexity index is 527. The van der Waals surface area contributed by atoms with Crippen LogP contribution in [0.4, 0.5) is 0 Å². The van der Waals surface area contributed by atoms with Gasteiger partial charge in [-0.05, 0) is 32.6 Å². The summed E-state index contributed by atoms with van der Waals surface area (Å²) in [4.78, 5) is 0. The van der Waals surface area contributed by atoms with Crippen molar-refractivity contribution in [2.24, 2.45) is 5.73 Å². The fraction of sp³-hybridized carbons (Fsp3) is 1.00. The van der Waals surface area contributed by atoms with Crippen LogP contribution >= 0.6 is 17.0 Å². The third-order valence-electron chi connectivity index (χ3n) is 10.0. The largest absolute Gasteiger partial charge is 0.344 e. The summed E-state index contributed by atoms with van der Waals surface area (Å²) in [5.41, 5.74) is 7.09. The Balaban J connectivity index is 0. The maximum atomic E-state index is 7.09. The van der Waals surface area contributed by atoms with E-state index in [1.165, 1.54) is 167 Å². The molecular formula is C43H90BrNO4. The summed E-state index contributed by atoms with van der Waals surface area (Å²) in [5, 5.41) is 0. The van der Waals surface area contributed by atoms with Crippen molar-refractivity contribution in [1.82, 2.24) is 0 Å². The first-order valence-corrected chi connectivity index (χ1v) is 21.8. The average molecular weight is 765 g/mol. The van der Waals surface area contributed by atoms with Crippen molar-refractivity contribution in [3.8, 4) is 0 Å². The fourth-order valence-electron chi connectivity index (χ4n) is 6.47. The van der Waals surface area contributed by atoms with Crippen LogP contribution in [0.25, 0.3) is 0 Å². The van der Waals surface area contributed by atoms with Crippen LogP contribution in [0.1, 0.15) is 240 Å². The van der Waals surface area contributed by atoms with Gasteiger partial charge in [-0.3, -0.25) is 5.73 Å². The molecule has 0 radical (unpaired) electrons. The topological polar surface area (TPSA) is 62.9 Å². The second kappa shape index (κ2) is 39.5. The zero-order valence-corrected chi connectivity index (χ0v) is 35.8. The van der Waals surface area contributed by atoms with Crippen molar-refractivity contribution >= 4 is 17.0 Å². The normalized spacial score (nSPS) is 12.1. The molecular weight excluding hydrogens is 674 g/mol. The van der Waals surface area contributed by atoms with Gasteiger partial charge in [-0.2, -0.15) is 0 Å². The van der Waals surface area contributed by atoms with E-state index in [1.807, 2.05) is 6.92 Å². The van der Waals surface area contributed by atoms with E-state index in [1.54, 1.807) is 0 Å². The SMILES string of the molecule is Br.CCCCCCCCCCOC(C)(OCCCCCCCCCC)C(N)(OCCCCCCCCCC)OCCCCCCCCCC. The quantitative estimate of drug-likeness (QED) is 0.0496. The molecule has 2 N–H and O–H groups in total. The lowest BCUT2D eigenvalue weighted by atomic mass is 10.1. The summed E-state index contributed by atoms with van der Waals surface area (Å²) >= 11 is 0. The van der Waals surface area contributed by atoms with Gasteiger partial charge in [0.1, 0.15) is 0 Å². The lowest BCUT2D eigenvalue weighted by Gasteiger charge is -2.44. The highest BCUT2D eigenvalue weighted by molar-refractivity contribution is 8.93. The summed E-state index contributed by atoms with van der Waals surface area (Å²) in [7, 11) is 0. The molecule has 0 bridgehead atoms. The number of nitrogens with two attached hydrogens (primary N) is 1. The minimum atomic E-state index is -1.42. The molecule has 0 aliphatic carbocycles. The highest BCUT2D eigenvalue weighted by Gasteiger charge is 2.51. The molecule has 0 fully saturated rings. The van der Waals surface area contributed by atoms with Crippen molar-refractivity contribution in [3.05, 3.63) is 0 Å².